The second-order valence-corrected chi connectivity index (χ2v) is 15.2. The van der Waals surface area contributed by atoms with Crippen molar-refractivity contribution in [2.75, 3.05) is 11.5 Å². The maximum atomic E-state index is 6.85. The first-order valence-electron chi connectivity index (χ1n) is 16.4. The quantitative estimate of drug-likeness (QED) is 0.124. The average molecular weight is 859 g/mol. The smallest absolute Gasteiger partial charge is 0.0400 e. The molecule has 0 fully saturated rings. The maximum absolute atomic E-state index is 6.85. The molecule has 0 atom stereocenters. The van der Waals surface area contributed by atoms with E-state index in [1.165, 1.54) is 23.8 Å². The normalized spacial score (nSPS) is 11.2. The van der Waals surface area contributed by atoms with Gasteiger partial charge in [0.05, 0.1) is 0 Å². The molecule has 240 valence electrons. The van der Waals surface area contributed by atoms with E-state index in [9.17, 15) is 0 Å². The van der Waals surface area contributed by atoms with E-state index < -0.39 is 0 Å². The van der Waals surface area contributed by atoms with Gasteiger partial charge in [-0.3, -0.25) is 0 Å². The van der Waals surface area contributed by atoms with Crippen LogP contribution in [0.3, 0.4) is 0 Å². The molecule has 0 saturated heterocycles. The molecule has 7 aromatic carbocycles. The van der Waals surface area contributed by atoms with Crippen molar-refractivity contribution in [1.29, 1.82) is 0 Å². The van der Waals surface area contributed by atoms with E-state index in [0.29, 0.717) is 5.92 Å². The zero-order valence-corrected chi connectivity index (χ0v) is 31.7. The largest absolute Gasteiger partial charge is 0.398 e. The van der Waals surface area contributed by atoms with E-state index in [4.69, 9.17) is 11.5 Å². The van der Waals surface area contributed by atoms with Gasteiger partial charge in [0.15, 0.2) is 0 Å². The topological polar surface area (TPSA) is 52.0 Å². The molecular weight excluding hydrogens is 822 g/mol. The van der Waals surface area contributed by atoms with E-state index in [1.54, 1.807) is 0 Å². The predicted molar refractivity (Wildman–Crippen MR) is 227 cm³/mol. The lowest BCUT2D eigenvalue weighted by atomic mass is 9.86. The summed E-state index contributed by atoms with van der Waals surface area (Å²) in [5, 5.41) is 0. The Morgan fingerprint density at radius 3 is 1.14 bits per heavy atom. The van der Waals surface area contributed by atoms with Gasteiger partial charge >= 0.3 is 0 Å². The Bertz CT molecular complexity index is 2140. The van der Waals surface area contributed by atoms with Gasteiger partial charge in [0.1, 0.15) is 0 Å². The molecule has 0 aliphatic heterocycles. The summed E-state index contributed by atoms with van der Waals surface area (Å²) in [5.74, 6) is 0.507. The van der Waals surface area contributed by atoms with Crippen LogP contribution in [0.2, 0.25) is 0 Å². The molecule has 2 nitrogen and oxygen atoms in total. The average Bonchev–Trinajstić information content (AvgIpc) is 3.12. The number of hydrogen-bond acceptors (Lipinski definition) is 2. The van der Waals surface area contributed by atoms with Gasteiger partial charge in [0.2, 0.25) is 0 Å². The Kier molecular flexibility index (Phi) is 9.61. The maximum Gasteiger partial charge on any atom is 0.0400 e. The fourth-order valence-electron chi connectivity index (χ4n) is 6.52. The van der Waals surface area contributed by atoms with Crippen LogP contribution in [-0.4, -0.2) is 0 Å². The van der Waals surface area contributed by atoms with Crippen LogP contribution in [-0.2, 0) is 0 Å². The third-order valence-electron chi connectivity index (χ3n) is 9.14. The molecule has 0 heterocycles. The van der Waals surface area contributed by atoms with Crippen molar-refractivity contribution in [3.8, 4) is 66.8 Å². The number of hydrogen-bond donors (Lipinski definition) is 2. The van der Waals surface area contributed by atoms with Gasteiger partial charge in [0, 0.05) is 29.6 Å². The highest BCUT2D eigenvalue weighted by Crippen LogP contribution is 2.44. The zero-order chi connectivity index (χ0) is 34.1. The van der Waals surface area contributed by atoms with Crippen molar-refractivity contribution in [3.05, 3.63) is 164 Å². The summed E-state index contributed by atoms with van der Waals surface area (Å²) in [4.78, 5) is 0. The van der Waals surface area contributed by atoms with Crippen LogP contribution in [0.1, 0.15) is 25.3 Å². The SMILES string of the molecule is CC(C)c1ccc(-c2ccc(-c3cc(-c4c(N)cccc4-c4ccc(I)cc4)cc(-c4c(N)cccc4-c4ccc(I)cc4)c3)cc2)cc1. The van der Waals surface area contributed by atoms with Gasteiger partial charge in [0.25, 0.3) is 0 Å². The van der Waals surface area contributed by atoms with Gasteiger partial charge in [-0.1, -0.05) is 111 Å². The number of nitrogen functional groups attached to an aromatic ring is 2. The molecular formula is C45H36I2N2. The second-order valence-electron chi connectivity index (χ2n) is 12.7. The molecule has 0 spiro atoms. The number of anilines is 2. The predicted octanol–water partition coefficient (Wildman–Crippen LogP) is 13.2. The Morgan fingerprint density at radius 1 is 0.388 bits per heavy atom. The van der Waals surface area contributed by atoms with E-state index in [0.717, 1.165) is 67.0 Å². The lowest BCUT2D eigenvalue weighted by Gasteiger charge is -2.19. The van der Waals surface area contributed by atoms with Gasteiger partial charge < -0.3 is 11.5 Å². The minimum atomic E-state index is 0.507. The standard InChI is InChI=1S/C45H36I2N2/c1-28(2)29-9-11-30(12-10-29)31-13-15-32(16-14-31)35-25-36(44-40(5-3-7-42(44)48)33-17-21-38(46)22-18-33)27-37(26-35)45-41(6-4-8-43(45)49)34-19-23-39(47)24-20-34/h3-28H,48-49H2,1-2H3. The highest BCUT2D eigenvalue weighted by atomic mass is 127. The van der Waals surface area contributed by atoms with Crippen LogP contribution in [0, 0.1) is 7.14 Å². The fourth-order valence-corrected chi connectivity index (χ4v) is 7.24. The lowest BCUT2D eigenvalue weighted by Crippen LogP contribution is -1.97. The number of nitrogens with two attached hydrogens (primary N) is 2. The molecule has 0 unspecified atom stereocenters. The summed E-state index contributed by atoms with van der Waals surface area (Å²) >= 11 is 4.70. The van der Waals surface area contributed by atoms with Crippen molar-refractivity contribution in [2.24, 2.45) is 0 Å². The van der Waals surface area contributed by atoms with Gasteiger partial charge in [-0.15, -0.1) is 0 Å². The Morgan fingerprint density at radius 2 is 0.735 bits per heavy atom. The summed E-state index contributed by atoms with van der Waals surface area (Å²) in [6.07, 6.45) is 0. The first-order chi connectivity index (χ1) is 23.7. The summed E-state index contributed by atoms with van der Waals surface area (Å²) in [6, 6.07) is 54.2. The van der Waals surface area contributed by atoms with Crippen molar-refractivity contribution in [2.45, 2.75) is 19.8 Å². The summed E-state index contributed by atoms with van der Waals surface area (Å²) in [7, 11) is 0. The molecule has 7 rings (SSSR count). The third-order valence-corrected chi connectivity index (χ3v) is 10.6. The number of benzene rings is 7. The molecule has 4 heteroatoms. The van der Waals surface area contributed by atoms with Crippen LogP contribution in [0.15, 0.2) is 152 Å². The molecule has 4 N–H and O–H groups in total. The van der Waals surface area contributed by atoms with Crippen molar-refractivity contribution in [3.63, 3.8) is 0 Å². The Hall–Kier alpha value is -4.40. The lowest BCUT2D eigenvalue weighted by molar-refractivity contribution is 0.867. The van der Waals surface area contributed by atoms with Gasteiger partial charge in [-0.25, -0.2) is 0 Å². The highest BCUT2D eigenvalue weighted by molar-refractivity contribution is 14.1. The molecule has 0 bridgehead atoms. The monoisotopic (exact) mass is 858 g/mol. The van der Waals surface area contributed by atoms with Crippen LogP contribution in [0.4, 0.5) is 11.4 Å². The summed E-state index contributed by atoms with van der Waals surface area (Å²) in [6.45, 7) is 4.45. The summed E-state index contributed by atoms with van der Waals surface area (Å²) < 4.78 is 2.39. The first kappa shape index (κ1) is 33.1. The van der Waals surface area contributed by atoms with Gasteiger partial charge in [-0.05, 0) is 167 Å². The molecule has 0 aliphatic carbocycles. The second kappa shape index (κ2) is 14.2. The molecule has 49 heavy (non-hydrogen) atoms. The minimum Gasteiger partial charge on any atom is -0.398 e. The fraction of sp³-hybridized carbons (Fsp3) is 0.0667. The molecule has 0 saturated carbocycles. The number of rotatable bonds is 7. The summed E-state index contributed by atoms with van der Waals surface area (Å²) in [5.41, 5.74) is 29.7. The number of halogens is 2. The van der Waals surface area contributed by atoms with Crippen molar-refractivity contribution in [1.82, 2.24) is 0 Å². The molecule has 0 aliphatic rings. The molecule has 0 amide bonds. The highest BCUT2D eigenvalue weighted by Gasteiger charge is 2.18. The van der Waals surface area contributed by atoms with Crippen molar-refractivity contribution >= 4 is 56.6 Å². The molecule has 0 radical (unpaired) electrons. The zero-order valence-electron chi connectivity index (χ0n) is 27.4. The Balaban J connectivity index is 1.42. The molecule has 0 aromatic heterocycles. The Labute approximate surface area is 316 Å². The van der Waals surface area contributed by atoms with E-state index in [-0.39, 0.29) is 0 Å². The molecule has 7 aromatic rings. The van der Waals surface area contributed by atoms with Crippen LogP contribution in [0.5, 0.6) is 0 Å². The van der Waals surface area contributed by atoms with E-state index >= 15 is 0 Å². The van der Waals surface area contributed by atoms with Crippen LogP contribution >= 0.6 is 45.2 Å². The van der Waals surface area contributed by atoms with E-state index in [1.807, 2.05) is 24.3 Å². The van der Waals surface area contributed by atoms with Crippen LogP contribution in [0.25, 0.3) is 66.8 Å². The van der Waals surface area contributed by atoms with E-state index in [2.05, 4.69) is 186 Å². The van der Waals surface area contributed by atoms with Crippen molar-refractivity contribution < 1.29 is 0 Å². The first-order valence-corrected chi connectivity index (χ1v) is 18.6. The van der Waals surface area contributed by atoms with Gasteiger partial charge in [-0.2, -0.15) is 0 Å². The minimum absolute atomic E-state index is 0.507. The van der Waals surface area contributed by atoms with Crippen LogP contribution < -0.4 is 11.5 Å². The third kappa shape index (κ3) is 7.03.